The lowest BCUT2D eigenvalue weighted by Gasteiger charge is -2.08. The second-order valence-electron chi connectivity index (χ2n) is 6.76. The summed E-state index contributed by atoms with van der Waals surface area (Å²) in [6.45, 7) is 1.99. The van der Waals surface area contributed by atoms with Crippen molar-refractivity contribution in [2.75, 3.05) is 12.4 Å². The van der Waals surface area contributed by atoms with E-state index in [-0.39, 0.29) is 6.61 Å². The molecule has 0 radical (unpaired) electrons. The summed E-state index contributed by atoms with van der Waals surface area (Å²) in [5, 5.41) is 20.8. The van der Waals surface area contributed by atoms with Gasteiger partial charge in [0.15, 0.2) is 0 Å². The Hall–Kier alpha value is -1.28. The van der Waals surface area contributed by atoms with Crippen molar-refractivity contribution < 1.29 is 10.2 Å². The molecule has 7 heteroatoms. The number of hydrogen-bond acceptors (Lipinski definition) is 7. The number of aromatic nitrogens is 3. The average molecular weight is 390 g/mol. The zero-order valence-electron chi connectivity index (χ0n) is 14.9. The Balaban J connectivity index is 1.83. The van der Waals surface area contributed by atoms with E-state index < -0.39 is 6.10 Å². The number of aliphatic hydroxyl groups excluding tert-OH is 2. The molecule has 1 aliphatic rings. The normalized spacial score (nSPS) is 15.0. The molecular weight excluding hydrogens is 366 g/mol. The molecule has 1 aliphatic carbocycles. The molecule has 0 saturated heterocycles. The van der Waals surface area contributed by atoms with Gasteiger partial charge in [-0.2, -0.15) is 0 Å². The van der Waals surface area contributed by atoms with Gasteiger partial charge in [-0.25, -0.2) is 15.0 Å². The minimum atomic E-state index is -0.734. The molecule has 0 amide bonds. The summed E-state index contributed by atoms with van der Waals surface area (Å²) in [4.78, 5) is 15.1. The van der Waals surface area contributed by atoms with E-state index in [2.05, 4.69) is 16.9 Å². The number of nitrogens with zero attached hydrogens (tertiary/aromatic N) is 3. The summed E-state index contributed by atoms with van der Waals surface area (Å²) < 4.78 is 1.05. The van der Waals surface area contributed by atoms with E-state index in [1.54, 1.807) is 17.7 Å². The van der Waals surface area contributed by atoms with Gasteiger partial charge in [-0.05, 0) is 43.2 Å². The SMILES string of the molecule is CCCCc1nc2sc3c(SC[C@H](O)CO)ncnc3c2c2c1CCC2. The summed E-state index contributed by atoms with van der Waals surface area (Å²) in [7, 11) is 0. The molecule has 0 spiro atoms. The Labute approximate surface area is 160 Å². The number of pyridine rings is 1. The van der Waals surface area contributed by atoms with Gasteiger partial charge in [0.05, 0.1) is 22.9 Å². The van der Waals surface area contributed by atoms with Crippen molar-refractivity contribution in [3.63, 3.8) is 0 Å². The molecule has 2 N–H and O–H groups in total. The highest BCUT2D eigenvalue weighted by atomic mass is 32.2. The monoisotopic (exact) mass is 389 g/mol. The van der Waals surface area contributed by atoms with E-state index in [1.165, 1.54) is 53.2 Å². The van der Waals surface area contributed by atoms with Gasteiger partial charge in [0.2, 0.25) is 0 Å². The highest BCUT2D eigenvalue weighted by Gasteiger charge is 2.24. The van der Waals surface area contributed by atoms with Crippen LogP contribution < -0.4 is 0 Å². The average Bonchev–Trinajstić information content (AvgIpc) is 3.28. The maximum atomic E-state index is 9.65. The highest BCUT2D eigenvalue weighted by molar-refractivity contribution is 7.99. The van der Waals surface area contributed by atoms with Crippen molar-refractivity contribution in [3.05, 3.63) is 23.1 Å². The summed E-state index contributed by atoms with van der Waals surface area (Å²) in [6, 6.07) is 0. The van der Waals surface area contributed by atoms with Gasteiger partial charge in [0.1, 0.15) is 16.2 Å². The standard InChI is InChI=1S/C19H23N3O2S2/c1-2-3-7-14-12-5-4-6-13(12)15-16-17(26-18(15)22-14)19(21-10-20-16)25-9-11(24)8-23/h10-11,23-24H,2-9H2,1H3/t11-/m1/s1. The van der Waals surface area contributed by atoms with Crippen molar-refractivity contribution in [3.8, 4) is 0 Å². The van der Waals surface area contributed by atoms with Crippen molar-refractivity contribution in [1.29, 1.82) is 0 Å². The van der Waals surface area contributed by atoms with Crippen molar-refractivity contribution in [2.24, 2.45) is 0 Å². The predicted molar refractivity (Wildman–Crippen MR) is 107 cm³/mol. The maximum absolute atomic E-state index is 9.65. The van der Waals surface area contributed by atoms with Crippen LogP contribution in [0.25, 0.3) is 20.4 Å². The van der Waals surface area contributed by atoms with Crippen LogP contribution >= 0.6 is 23.1 Å². The Morgan fingerprint density at radius 2 is 2.12 bits per heavy atom. The Kier molecular flexibility index (Phi) is 5.40. The second kappa shape index (κ2) is 7.76. The van der Waals surface area contributed by atoms with Crippen LogP contribution in [-0.2, 0) is 19.3 Å². The summed E-state index contributed by atoms with van der Waals surface area (Å²) in [5.74, 6) is 0.421. The Morgan fingerprint density at radius 1 is 1.27 bits per heavy atom. The molecule has 1 atom stereocenters. The maximum Gasteiger partial charge on any atom is 0.126 e. The zero-order chi connectivity index (χ0) is 18.1. The smallest absolute Gasteiger partial charge is 0.126 e. The molecule has 138 valence electrons. The Morgan fingerprint density at radius 3 is 2.92 bits per heavy atom. The van der Waals surface area contributed by atoms with Gasteiger partial charge in [0, 0.05) is 16.8 Å². The lowest BCUT2D eigenvalue weighted by Crippen LogP contribution is -2.14. The van der Waals surface area contributed by atoms with E-state index in [9.17, 15) is 5.11 Å². The molecule has 3 heterocycles. The van der Waals surface area contributed by atoms with Crippen LogP contribution in [-0.4, -0.2) is 43.6 Å². The fourth-order valence-corrected chi connectivity index (χ4v) is 5.81. The zero-order valence-corrected chi connectivity index (χ0v) is 16.5. The molecule has 0 aromatic carbocycles. The third-order valence-corrected chi connectivity index (χ3v) is 7.26. The first kappa shape index (κ1) is 18.1. The quantitative estimate of drug-likeness (QED) is 0.475. The number of thioether (sulfide) groups is 1. The third kappa shape index (κ3) is 3.22. The van der Waals surface area contributed by atoms with E-state index in [4.69, 9.17) is 10.1 Å². The van der Waals surface area contributed by atoms with Crippen LogP contribution in [0.2, 0.25) is 0 Å². The Bertz CT molecular complexity index is 942. The molecule has 0 aliphatic heterocycles. The third-order valence-electron chi connectivity index (χ3n) is 4.92. The largest absolute Gasteiger partial charge is 0.394 e. The van der Waals surface area contributed by atoms with E-state index in [0.717, 1.165) is 39.3 Å². The highest BCUT2D eigenvalue weighted by Crippen LogP contribution is 2.42. The molecular formula is C19H23N3O2S2. The van der Waals surface area contributed by atoms with E-state index >= 15 is 0 Å². The lowest BCUT2D eigenvalue weighted by atomic mass is 10.0. The van der Waals surface area contributed by atoms with Gasteiger partial charge < -0.3 is 10.2 Å². The molecule has 5 nitrogen and oxygen atoms in total. The first-order valence-electron chi connectivity index (χ1n) is 9.22. The molecule has 3 aromatic heterocycles. The van der Waals surface area contributed by atoms with Gasteiger partial charge in [0.25, 0.3) is 0 Å². The second-order valence-corrected chi connectivity index (χ2v) is 8.77. The van der Waals surface area contributed by atoms with Crippen molar-refractivity contribution in [1.82, 2.24) is 15.0 Å². The topological polar surface area (TPSA) is 79.1 Å². The first-order valence-corrected chi connectivity index (χ1v) is 11.0. The van der Waals surface area contributed by atoms with Crippen molar-refractivity contribution >= 4 is 43.5 Å². The number of aliphatic hydroxyl groups is 2. The number of thiophene rings is 1. The number of fused-ring (bicyclic) bond motifs is 5. The molecule has 26 heavy (non-hydrogen) atoms. The van der Waals surface area contributed by atoms with Crippen molar-refractivity contribution in [2.45, 2.75) is 56.6 Å². The molecule has 4 rings (SSSR count). The van der Waals surface area contributed by atoms with Gasteiger partial charge >= 0.3 is 0 Å². The number of aryl methyl sites for hydroxylation is 2. The molecule has 3 aromatic rings. The van der Waals surface area contributed by atoms with Crippen LogP contribution in [0.15, 0.2) is 11.4 Å². The molecule has 0 bridgehead atoms. The lowest BCUT2D eigenvalue weighted by molar-refractivity contribution is 0.113. The minimum absolute atomic E-state index is 0.233. The number of rotatable bonds is 7. The number of hydrogen-bond donors (Lipinski definition) is 2. The molecule has 0 fully saturated rings. The van der Waals surface area contributed by atoms with Crippen LogP contribution in [0.3, 0.4) is 0 Å². The predicted octanol–water partition coefficient (Wildman–Crippen LogP) is 3.52. The number of unbranched alkanes of at least 4 members (excludes halogenated alkanes) is 1. The van der Waals surface area contributed by atoms with Gasteiger partial charge in [-0.3, -0.25) is 0 Å². The van der Waals surface area contributed by atoms with Crippen LogP contribution in [0.1, 0.15) is 43.0 Å². The van der Waals surface area contributed by atoms with E-state index in [1.807, 2.05) is 0 Å². The summed E-state index contributed by atoms with van der Waals surface area (Å²) in [6.07, 6.45) is 7.72. The first-order chi connectivity index (χ1) is 12.7. The fourth-order valence-electron chi connectivity index (χ4n) is 3.64. The summed E-state index contributed by atoms with van der Waals surface area (Å²) >= 11 is 3.13. The van der Waals surface area contributed by atoms with E-state index in [0.29, 0.717) is 5.75 Å². The van der Waals surface area contributed by atoms with Crippen LogP contribution in [0, 0.1) is 0 Å². The van der Waals surface area contributed by atoms with Gasteiger partial charge in [-0.15, -0.1) is 23.1 Å². The van der Waals surface area contributed by atoms with Gasteiger partial charge in [-0.1, -0.05) is 13.3 Å². The molecule has 0 unspecified atom stereocenters. The molecule has 0 saturated carbocycles. The minimum Gasteiger partial charge on any atom is -0.394 e. The summed E-state index contributed by atoms with van der Waals surface area (Å²) in [5.41, 5.74) is 5.16. The fraction of sp³-hybridized carbons (Fsp3) is 0.526. The van der Waals surface area contributed by atoms with Crippen LogP contribution in [0.4, 0.5) is 0 Å². The van der Waals surface area contributed by atoms with Crippen LogP contribution in [0.5, 0.6) is 0 Å².